The second-order valence-corrected chi connectivity index (χ2v) is 7.46. The van der Waals surface area contributed by atoms with Gasteiger partial charge in [0.15, 0.2) is 11.5 Å². The third kappa shape index (κ3) is 2.94. The number of hydrogen-bond acceptors (Lipinski definition) is 5. The number of fused-ring (bicyclic) bond motifs is 3. The Bertz CT molecular complexity index is 1240. The van der Waals surface area contributed by atoms with Gasteiger partial charge in [-0.25, -0.2) is 9.97 Å². The highest BCUT2D eigenvalue weighted by Gasteiger charge is 2.14. The number of aryl methyl sites for hydroxylation is 1. The molecule has 5 rings (SSSR count). The minimum Gasteiger partial charge on any atom is -0.349 e. The summed E-state index contributed by atoms with van der Waals surface area (Å²) in [4.78, 5) is 10.9. The molecule has 27 heavy (non-hydrogen) atoms. The maximum absolute atomic E-state index is 4.83. The van der Waals surface area contributed by atoms with Gasteiger partial charge in [-0.05, 0) is 36.6 Å². The molecule has 3 aromatic heterocycles. The number of para-hydroxylation sites is 1. The van der Waals surface area contributed by atoms with Gasteiger partial charge in [-0.2, -0.15) is 4.52 Å². The zero-order valence-electron chi connectivity index (χ0n) is 14.8. The Morgan fingerprint density at radius 2 is 1.93 bits per heavy atom. The van der Waals surface area contributed by atoms with Crippen molar-refractivity contribution in [3.05, 3.63) is 76.5 Å². The molecule has 0 aliphatic heterocycles. The maximum Gasteiger partial charge on any atom is 0.226 e. The molecule has 0 fully saturated rings. The summed E-state index contributed by atoms with van der Waals surface area (Å²) in [6.45, 7) is 2.78. The van der Waals surface area contributed by atoms with E-state index in [0.29, 0.717) is 18.3 Å². The minimum absolute atomic E-state index is 0.698. The third-order valence-corrected chi connectivity index (χ3v) is 5.33. The van der Waals surface area contributed by atoms with Gasteiger partial charge in [-0.3, -0.25) is 0 Å². The molecule has 0 atom stereocenters. The number of nitrogens with one attached hydrogen (secondary N) is 1. The van der Waals surface area contributed by atoms with Gasteiger partial charge < -0.3 is 5.32 Å². The van der Waals surface area contributed by atoms with E-state index < -0.39 is 0 Å². The highest BCUT2D eigenvalue weighted by atomic mass is 32.1. The highest BCUT2D eigenvalue weighted by molar-refractivity contribution is 7.09. The van der Waals surface area contributed by atoms with E-state index in [2.05, 4.69) is 41.9 Å². The quantitative estimate of drug-likeness (QED) is 0.487. The van der Waals surface area contributed by atoms with Crippen molar-refractivity contribution in [3.63, 3.8) is 0 Å². The summed E-state index contributed by atoms with van der Waals surface area (Å²) in [5.41, 5.74) is 3.91. The van der Waals surface area contributed by atoms with Gasteiger partial charge in [-0.15, -0.1) is 16.4 Å². The molecule has 0 bridgehead atoms. The van der Waals surface area contributed by atoms with Crippen molar-refractivity contribution in [2.75, 3.05) is 5.32 Å². The van der Waals surface area contributed by atoms with Crippen LogP contribution in [0.5, 0.6) is 0 Å². The van der Waals surface area contributed by atoms with Gasteiger partial charge in [0.2, 0.25) is 5.95 Å². The number of thiophene rings is 1. The summed E-state index contributed by atoms with van der Waals surface area (Å²) in [6, 6.07) is 20.4. The van der Waals surface area contributed by atoms with Gasteiger partial charge in [0.1, 0.15) is 0 Å². The molecule has 0 radical (unpaired) electrons. The van der Waals surface area contributed by atoms with E-state index >= 15 is 0 Å². The third-order valence-electron chi connectivity index (χ3n) is 4.46. The Balaban J connectivity index is 1.68. The fourth-order valence-corrected chi connectivity index (χ4v) is 3.80. The van der Waals surface area contributed by atoms with Crippen LogP contribution in [0.2, 0.25) is 0 Å². The molecule has 0 saturated carbocycles. The Labute approximate surface area is 160 Å². The summed E-state index contributed by atoms with van der Waals surface area (Å²) in [7, 11) is 0. The van der Waals surface area contributed by atoms with Crippen LogP contribution in [0.25, 0.3) is 27.9 Å². The van der Waals surface area contributed by atoms with Gasteiger partial charge in [-0.1, -0.05) is 42.0 Å². The molecule has 132 valence electrons. The average molecular weight is 371 g/mol. The molecule has 1 N–H and O–H groups in total. The largest absolute Gasteiger partial charge is 0.349 e. The molecule has 2 aromatic carbocycles. The smallest absolute Gasteiger partial charge is 0.226 e. The molecular weight excluding hydrogens is 354 g/mol. The molecule has 0 saturated heterocycles. The number of anilines is 1. The topological polar surface area (TPSA) is 55.1 Å². The van der Waals surface area contributed by atoms with Crippen LogP contribution in [0.3, 0.4) is 0 Å². The first-order valence-corrected chi connectivity index (χ1v) is 9.65. The zero-order chi connectivity index (χ0) is 18.2. The molecule has 0 unspecified atom stereocenters. The number of nitrogens with zero attached hydrogens (tertiary/aromatic N) is 4. The van der Waals surface area contributed by atoms with Crippen molar-refractivity contribution in [1.82, 2.24) is 19.6 Å². The fraction of sp³-hybridized carbons (Fsp3) is 0.0952. The lowest BCUT2D eigenvalue weighted by Crippen LogP contribution is -2.07. The molecule has 0 spiro atoms. The predicted octanol–water partition coefficient (Wildman–Crippen LogP) is 4.93. The number of aromatic nitrogens is 4. The first kappa shape index (κ1) is 16.0. The summed E-state index contributed by atoms with van der Waals surface area (Å²) in [5, 5.41) is 11.2. The van der Waals surface area contributed by atoms with Crippen molar-refractivity contribution >= 4 is 33.8 Å². The highest BCUT2D eigenvalue weighted by Crippen LogP contribution is 2.25. The first-order valence-electron chi connectivity index (χ1n) is 8.77. The van der Waals surface area contributed by atoms with Crippen LogP contribution < -0.4 is 5.32 Å². The molecular formula is C21H17N5S. The number of rotatable bonds is 4. The summed E-state index contributed by atoms with van der Waals surface area (Å²) >= 11 is 1.72. The number of benzene rings is 2. The Morgan fingerprint density at radius 3 is 2.78 bits per heavy atom. The van der Waals surface area contributed by atoms with Crippen molar-refractivity contribution in [3.8, 4) is 11.4 Å². The lowest BCUT2D eigenvalue weighted by molar-refractivity contribution is 0.924. The second-order valence-electron chi connectivity index (χ2n) is 6.43. The van der Waals surface area contributed by atoms with Gasteiger partial charge in [0.05, 0.1) is 12.1 Å². The Kier molecular flexibility index (Phi) is 3.83. The zero-order valence-corrected chi connectivity index (χ0v) is 15.6. The van der Waals surface area contributed by atoms with Crippen molar-refractivity contribution in [2.45, 2.75) is 13.5 Å². The van der Waals surface area contributed by atoms with Gasteiger partial charge in [0.25, 0.3) is 0 Å². The van der Waals surface area contributed by atoms with Crippen LogP contribution in [0.15, 0.2) is 66.0 Å². The molecule has 0 aliphatic carbocycles. The van der Waals surface area contributed by atoms with Crippen LogP contribution in [0.1, 0.15) is 10.4 Å². The van der Waals surface area contributed by atoms with Crippen LogP contribution in [-0.4, -0.2) is 19.6 Å². The summed E-state index contributed by atoms with van der Waals surface area (Å²) in [6.07, 6.45) is 0. The Morgan fingerprint density at radius 1 is 1.00 bits per heavy atom. The van der Waals surface area contributed by atoms with Gasteiger partial charge in [0, 0.05) is 15.8 Å². The van der Waals surface area contributed by atoms with Crippen LogP contribution in [0, 0.1) is 6.92 Å². The second kappa shape index (κ2) is 6.48. The van der Waals surface area contributed by atoms with E-state index in [1.807, 2.05) is 40.9 Å². The van der Waals surface area contributed by atoms with Crippen molar-refractivity contribution in [1.29, 1.82) is 0 Å². The van der Waals surface area contributed by atoms with E-state index in [4.69, 9.17) is 15.1 Å². The molecule has 0 aliphatic rings. The summed E-state index contributed by atoms with van der Waals surface area (Å²) in [5.74, 6) is 1.40. The summed E-state index contributed by atoms with van der Waals surface area (Å²) < 4.78 is 1.81. The Hall–Kier alpha value is -3.25. The van der Waals surface area contributed by atoms with E-state index in [9.17, 15) is 0 Å². The lowest BCUT2D eigenvalue weighted by atomic mass is 10.1. The predicted molar refractivity (Wildman–Crippen MR) is 110 cm³/mol. The first-order chi connectivity index (χ1) is 13.3. The normalized spacial score (nSPS) is 11.3. The molecule has 5 aromatic rings. The van der Waals surface area contributed by atoms with Gasteiger partial charge >= 0.3 is 0 Å². The lowest BCUT2D eigenvalue weighted by Gasteiger charge is -2.08. The monoisotopic (exact) mass is 371 g/mol. The van der Waals surface area contributed by atoms with E-state index in [0.717, 1.165) is 22.1 Å². The van der Waals surface area contributed by atoms with E-state index in [-0.39, 0.29) is 0 Å². The van der Waals surface area contributed by atoms with E-state index in [1.54, 1.807) is 11.3 Å². The maximum atomic E-state index is 4.83. The SMILES string of the molecule is Cc1cccc(-c2nc3c4ccccc4nc(NCc4cccs4)n3n2)c1. The van der Waals surface area contributed by atoms with Crippen molar-refractivity contribution in [2.24, 2.45) is 0 Å². The molecule has 6 heteroatoms. The molecule has 3 heterocycles. The number of hydrogen-bond donors (Lipinski definition) is 1. The minimum atomic E-state index is 0.698. The average Bonchev–Trinajstić information content (AvgIpc) is 3.36. The van der Waals surface area contributed by atoms with Crippen LogP contribution in [-0.2, 0) is 6.54 Å². The standard InChI is InChI=1S/C21H17N5S/c1-14-6-4-7-15(12-14)19-24-20-17-9-2-3-10-18(17)23-21(26(20)25-19)22-13-16-8-5-11-27-16/h2-12H,13H2,1H3,(H,22,23). The molecule has 5 nitrogen and oxygen atoms in total. The fourth-order valence-electron chi connectivity index (χ4n) is 3.16. The van der Waals surface area contributed by atoms with Crippen molar-refractivity contribution < 1.29 is 0 Å². The van der Waals surface area contributed by atoms with Crippen LogP contribution in [0.4, 0.5) is 5.95 Å². The van der Waals surface area contributed by atoms with E-state index in [1.165, 1.54) is 10.4 Å². The van der Waals surface area contributed by atoms with Crippen LogP contribution >= 0.6 is 11.3 Å². The molecule has 0 amide bonds.